The van der Waals surface area contributed by atoms with Crippen molar-refractivity contribution in [2.24, 2.45) is 0 Å². The van der Waals surface area contributed by atoms with Gasteiger partial charge in [0, 0.05) is 6.42 Å². The molecule has 11 heavy (non-hydrogen) atoms. The third-order valence-corrected chi connectivity index (χ3v) is 1.56. The van der Waals surface area contributed by atoms with Crippen LogP contribution in [-0.2, 0) is 13.0 Å². The summed E-state index contributed by atoms with van der Waals surface area (Å²) >= 11 is 0. The molecule has 0 aliphatic heterocycles. The smallest absolute Gasteiger partial charge is 0.0934 e. The Kier molecular flexibility index (Phi) is 3.05. The summed E-state index contributed by atoms with van der Waals surface area (Å²) in [5, 5.41) is 8.74. The minimum absolute atomic E-state index is 0.0279. The Bertz CT molecular complexity index is 223. The van der Waals surface area contributed by atoms with Crippen LogP contribution in [0, 0.1) is 0 Å². The van der Waals surface area contributed by atoms with Crippen molar-refractivity contribution >= 4 is 0 Å². The Hall–Kier alpha value is -0.890. The zero-order valence-electron chi connectivity index (χ0n) is 6.26. The van der Waals surface area contributed by atoms with E-state index in [0.29, 0.717) is 6.42 Å². The molecule has 0 aromatic heterocycles. The quantitative estimate of drug-likeness (QED) is 0.702. The van der Waals surface area contributed by atoms with Crippen LogP contribution >= 0.6 is 0 Å². The van der Waals surface area contributed by atoms with Crippen molar-refractivity contribution in [1.29, 1.82) is 0 Å². The highest BCUT2D eigenvalue weighted by Gasteiger charge is 1.93. The minimum atomic E-state index is -0.338. The van der Waals surface area contributed by atoms with Crippen molar-refractivity contribution in [3.63, 3.8) is 0 Å². The summed E-state index contributed by atoms with van der Waals surface area (Å²) in [5.74, 6) is 0. The number of halogens is 1. The van der Waals surface area contributed by atoms with E-state index in [1.54, 1.807) is 0 Å². The zero-order valence-corrected chi connectivity index (χ0v) is 6.26. The Balaban J connectivity index is 2.74. The number of aliphatic hydroxyl groups is 1. The van der Waals surface area contributed by atoms with E-state index in [4.69, 9.17) is 5.11 Å². The summed E-state index contributed by atoms with van der Waals surface area (Å²) in [5.41, 5.74) is 1.79. The van der Waals surface area contributed by atoms with Gasteiger partial charge in [-0.15, -0.1) is 0 Å². The predicted octanol–water partition coefficient (Wildman–Crippen LogP) is 1.69. The first-order valence-corrected chi connectivity index (χ1v) is 3.61. The maximum atomic E-state index is 11.9. The average molecular weight is 154 g/mol. The Morgan fingerprint density at radius 3 is 2.64 bits per heavy atom. The van der Waals surface area contributed by atoms with Crippen molar-refractivity contribution in [2.75, 3.05) is 6.67 Å². The molecule has 0 heterocycles. The van der Waals surface area contributed by atoms with Gasteiger partial charge in [-0.2, -0.15) is 0 Å². The molecule has 0 aliphatic carbocycles. The van der Waals surface area contributed by atoms with Crippen LogP contribution in [0.2, 0.25) is 0 Å². The second-order valence-electron chi connectivity index (χ2n) is 2.42. The number of aliphatic hydroxyl groups excluding tert-OH is 1. The molecule has 0 fully saturated rings. The van der Waals surface area contributed by atoms with E-state index in [0.717, 1.165) is 11.1 Å². The van der Waals surface area contributed by atoms with Gasteiger partial charge in [0.15, 0.2) is 0 Å². The predicted molar refractivity (Wildman–Crippen MR) is 42.0 cm³/mol. The molecule has 0 spiro atoms. The van der Waals surface area contributed by atoms with Crippen molar-refractivity contribution in [3.05, 3.63) is 35.4 Å². The van der Waals surface area contributed by atoms with Crippen LogP contribution in [0.3, 0.4) is 0 Å². The van der Waals surface area contributed by atoms with Gasteiger partial charge in [0.2, 0.25) is 0 Å². The fourth-order valence-corrected chi connectivity index (χ4v) is 0.993. The number of aryl methyl sites for hydroxylation is 1. The van der Waals surface area contributed by atoms with Crippen molar-refractivity contribution in [2.45, 2.75) is 13.0 Å². The van der Waals surface area contributed by atoms with Crippen molar-refractivity contribution in [1.82, 2.24) is 0 Å². The first-order chi connectivity index (χ1) is 5.36. The number of benzene rings is 1. The summed E-state index contributed by atoms with van der Waals surface area (Å²) in [4.78, 5) is 0. The molecule has 60 valence electrons. The molecule has 0 radical (unpaired) electrons. The van der Waals surface area contributed by atoms with E-state index < -0.39 is 0 Å². The molecule has 1 aromatic rings. The lowest BCUT2D eigenvalue weighted by molar-refractivity contribution is 0.281. The van der Waals surface area contributed by atoms with E-state index in [2.05, 4.69) is 0 Å². The van der Waals surface area contributed by atoms with E-state index >= 15 is 0 Å². The second-order valence-corrected chi connectivity index (χ2v) is 2.42. The van der Waals surface area contributed by atoms with Gasteiger partial charge in [-0.1, -0.05) is 24.3 Å². The summed E-state index contributed by atoms with van der Waals surface area (Å²) in [6.07, 6.45) is 0.438. The van der Waals surface area contributed by atoms with E-state index in [-0.39, 0.29) is 13.3 Å². The van der Waals surface area contributed by atoms with E-state index in [1.807, 2.05) is 24.3 Å². The van der Waals surface area contributed by atoms with Crippen LogP contribution in [0.4, 0.5) is 4.39 Å². The molecule has 0 aliphatic rings. The molecule has 0 bridgehead atoms. The minimum Gasteiger partial charge on any atom is -0.392 e. The molecule has 0 saturated heterocycles. The first-order valence-electron chi connectivity index (χ1n) is 3.61. The van der Waals surface area contributed by atoms with E-state index in [1.165, 1.54) is 0 Å². The van der Waals surface area contributed by atoms with Gasteiger partial charge in [-0.25, -0.2) is 0 Å². The summed E-state index contributed by atoms with van der Waals surface area (Å²) in [7, 11) is 0. The third-order valence-electron chi connectivity index (χ3n) is 1.56. The van der Waals surface area contributed by atoms with Crippen molar-refractivity contribution in [3.8, 4) is 0 Å². The lowest BCUT2D eigenvalue weighted by atomic mass is 10.1. The molecular formula is C9H11FO. The maximum Gasteiger partial charge on any atom is 0.0934 e. The SMILES string of the molecule is OCc1cccc(CCF)c1. The maximum absolute atomic E-state index is 11.9. The molecule has 0 unspecified atom stereocenters. The molecule has 0 atom stereocenters. The first kappa shape index (κ1) is 8.21. The summed E-state index contributed by atoms with van der Waals surface area (Å²) in [6.45, 7) is -0.311. The van der Waals surface area contributed by atoms with E-state index in [9.17, 15) is 4.39 Å². The molecule has 1 nitrogen and oxygen atoms in total. The van der Waals surface area contributed by atoms with Gasteiger partial charge in [-0.05, 0) is 11.1 Å². The van der Waals surface area contributed by atoms with Gasteiger partial charge in [-0.3, -0.25) is 4.39 Å². The van der Waals surface area contributed by atoms with Crippen molar-refractivity contribution < 1.29 is 9.50 Å². The van der Waals surface area contributed by atoms with Crippen LogP contribution in [0.5, 0.6) is 0 Å². The highest BCUT2D eigenvalue weighted by molar-refractivity contribution is 5.22. The largest absolute Gasteiger partial charge is 0.392 e. The molecule has 1 aromatic carbocycles. The monoisotopic (exact) mass is 154 g/mol. The lowest BCUT2D eigenvalue weighted by Gasteiger charge is -1.99. The molecule has 1 rings (SSSR count). The van der Waals surface area contributed by atoms with Crippen LogP contribution < -0.4 is 0 Å². The number of hydrogen-bond acceptors (Lipinski definition) is 1. The molecule has 0 amide bonds. The summed E-state index contributed by atoms with van der Waals surface area (Å²) < 4.78 is 11.9. The highest BCUT2D eigenvalue weighted by Crippen LogP contribution is 2.05. The average Bonchev–Trinajstić information content (AvgIpc) is 2.06. The van der Waals surface area contributed by atoms with Gasteiger partial charge in [0.05, 0.1) is 13.3 Å². The van der Waals surface area contributed by atoms with Gasteiger partial charge in [0.1, 0.15) is 0 Å². The zero-order chi connectivity index (χ0) is 8.10. The van der Waals surface area contributed by atoms with Gasteiger partial charge >= 0.3 is 0 Å². The number of hydrogen-bond donors (Lipinski definition) is 1. The van der Waals surface area contributed by atoms with Crippen LogP contribution in [0.25, 0.3) is 0 Å². The molecular weight excluding hydrogens is 143 g/mol. The van der Waals surface area contributed by atoms with Crippen LogP contribution in [-0.4, -0.2) is 11.8 Å². The van der Waals surface area contributed by atoms with Crippen LogP contribution in [0.15, 0.2) is 24.3 Å². The lowest BCUT2D eigenvalue weighted by Crippen LogP contribution is -1.89. The molecule has 2 heteroatoms. The molecule has 0 saturated carbocycles. The number of rotatable bonds is 3. The third kappa shape index (κ3) is 2.31. The fraction of sp³-hybridized carbons (Fsp3) is 0.333. The Morgan fingerprint density at radius 1 is 1.27 bits per heavy atom. The topological polar surface area (TPSA) is 20.2 Å². The molecule has 1 N–H and O–H groups in total. The summed E-state index contributed by atoms with van der Waals surface area (Å²) in [6, 6.07) is 7.33. The number of alkyl halides is 1. The van der Waals surface area contributed by atoms with Gasteiger partial charge in [0.25, 0.3) is 0 Å². The van der Waals surface area contributed by atoms with Crippen LogP contribution in [0.1, 0.15) is 11.1 Å². The normalized spacial score (nSPS) is 10.0. The second kappa shape index (κ2) is 4.09. The Morgan fingerprint density at radius 2 is 2.00 bits per heavy atom. The van der Waals surface area contributed by atoms with Gasteiger partial charge < -0.3 is 5.11 Å². The Labute approximate surface area is 65.5 Å². The highest BCUT2D eigenvalue weighted by atomic mass is 19.1. The standard InChI is InChI=1S/C9H11FO/c10-5-4-8-2-1-3-9(6-8)7-11/h1-3,6,11H,4-5,7H2. The fourth-order valence-electron chi connectivity index (χ4n) is 0.993.